The van der Waals surface area contributed by atoms with Crippen LogP contribution < -0.4 is 10.2 Å². The van der Waals surface area contributed by atoms with Crippen molar-refractivity contribution < 1.29 is 32.9 Å². The van der Waals surface area contributed by atoms with Gasteiger partial charge in [0.1, 0.15) is 13.2 Å². The lowest BCUT2D eigenvalue weighted by Crippen LogP contribution is -2.46. The van der Waals surface area contributed by atoms with Crippen LogP contribution in [0.1, 0.15) is 213 Å². The first kappa shape index (κ1) is 55.7. The number of aliphatic hydroxyl groups is 1. The van der Waals surface area contributed by atoms with Crippen LogP contribution in [0.3, 0.4) is 0 Å². The van der Waals surface area contributed by atoms with Crippen LogP contribution in [0.4, 0.5) is 0 Å². The Hall–Kier alpha value is -1.28. The molecule has 3 unspecified atom stereocenters. The minimum atomic E-state index is -4.57. The summed E-state index contributed by atoms with van der Waals surface area (Å²) in [6.45, 7) is 4.60. The molecule has 8 nitrogen and oxygen atoms in total. The summed E-state index contributed by atoms with van der Waals surface area (Å²) in [5.74, 6) is -0.181. The SMILES string of the molecule is CC/C=C\C/C=C\C/C=C\CCCCCCCC(=O)NC(COP(=O)([O-])OCC[N+](C)(C)C)C(O)CCCCCCCCCCCCCCCCCCCCCC. The molecule has 0 radical (unpaired) electrons. The number of unbranched alkanes of at least 4 members (excludes halogenated alkanes) is 24. The van der Waals surface area contributed by atoms with Crippen molar-refractivity contribution in [2.45, 2.75) is 225 Å². The number of hydrogen-bond acceptors (Lipinski definition) is 6. The van der Waals surface area contributed by atoms with Gasteiger partial charge < -0.3 is 28.8 Å². The van der Waals surface area contributed by atoms with E-state index in [1.807, 2.05) is 21.1 Å². The minimum absolute atomic E-state index is 0.00802. The summed E-state index contributed by atoms with van der Waals surface area (Å²) < 4.78 is 23.3. The van der Waals surface area contributed by atoms with Crippen LogP contribution in [-0.2, 0) is 18.4 Å². The molecule has 0 bridgehead atoms. The van der Waals surface area contributed by atoms with Crippen molar-refractivity contribution in [1.82, 2.24) is 5.32 Å². The molecule has 3 atom stereocenters. The maximum Gasteiger partial charge on any atom is 0.268 e. The lowest BCUT2D eigenvalue weighted by molar-refractivity contribution is -0.870. The first-order valence-corrected chi connectivity index (χ1v) is 25.3. The third kappa shape index (κ3) is 42.6. The highest BCUT2D eigenvalue weighted by atomic mass is 31.2. The predicted molar refractivity (Wildman–Crippen MR) is 242 cm³/mol. The second-order valence-corrected chi connectivity index (χ2v) is 18.8. The number of likely N-dealkylation sites (N-methyl/N-ethyl adjacent to an activating group) is 1. The van der Waals surface area contributed by atoms with E-state index in [1.165, 1.54) is 109 Å². The molecular formula is C48H93N2O6P. The monoisotopic (exact) mass is 825 g/mol. The Labute approximate surface area is 353 Å². The summed E-state index contributed by atoms with van der Waals surface area (Å²) in [5, 5.41) is 13.9. The standard InChI is InChI=1S/C48H93N2O6P/c1-6-8-10-12-14-16-18-20-22-23-24-25-26-28-29-31-33-35-37-39-41-47(51)46(45-56-57(53,54)55-44-43-50(3,4)5)49-48(52)42-40-38-36-34-32-30-27-21-19-17-15-13-11-9-7-2/h9,11,15,17,21,27,46-47,51H,6-8,10,12-14,16,18-20,22-26,28-45H2,1-5H3,(H-,49,52,53,54)/b11-9-,17-15-,27-21-. The molecule has 9 heteroatoms. The van der Waals surface area contributed by atoms with Crippen molar-refractivity contribution >= 4 is 13.7 Å². The van der Waals surface area contributed by atoms with Gasteiger partial charge in [-0.1, -0.05) is 198 Å². The van der Waals surface area contributed by atoms with E-state index in [9.17, 15) is 19.4 Å². The van der Waals surface area contributed by atoms with Crippen LogP contribution in [0, 0.1) is 0 Å². The normalized spacial score (nSPS) is 14.6. The summed E-state index contributed by atoms with van der Waals surface area (Å²) in [5.41, 5.74) is 0. The average Bonchev–Trinajstić information content (AvgIpc) is 3.16. The van der Waals surface area contributed by atoms with E-state index in [-0.39, 0.29) is 19.1 Å². The second kappa shape index (κ2) is 40.1. The lowest BCUT2D eigenvalue weighted by Gasteiger charge is -2.30. The summed E-state index contributed by atoms with van der Waals surface area (Å²) in [6, 6.07) is -0.809. The van der Waals surface area contributed by atoms with Crippen LogP contribution in [0.5, 0.6) is 0 Å². The molecule has 336 valence electrons. The molecule has 1 amide bonds. The molecule has 0 heterocycles. The summed E-state index contributed by atoms with van der Waals surface area (Å²) in [7, 11) is 1.29. The average molecular weight is 825 g/mol. The number of carbonyl (C=O) groups is 1. The van der Waals surface area contributed by atoms with Gasteiger partial charge in [-0.25, -0.2) is 0 Å². The van der Waals surface area contributed by atoms with Crippen molar-refractivity contribution in [3.8, 4) is 0 Å². The molecule has 0 aromatic heterocycles. The Morgan fingerprint density at radius 1 is 0.632 bits per heavy atom. The Morgan fingerprint density at radius 2 is 1.07 bits per heavy atom. The fourth-order valence-corrected chi connectivity index (χ4v) is 7.60. The van der Waals surface area contributed by atoms with Gasteiger partial charge in [0.15, 0.2) is 0 Å². The van der Waals surface area contributed by atoms with Crippen LogP contribution in [0.25, 0.3) is 0 Å². The molecule has 0 saturated heterocycles. The van der Waals surface area contributed by atoms with Gasteiger partial charge in [-0.05, 0) is 44.9 Å². The Bertz CT molecular complexity index is 1030. The number of rotatable bonds is 43. The number of carbonyl (C=O) groups excluding carboxylic acids is 1. The van der Waals surface area contributed by atoms with E-state index >= 15 is 0 Å². The van der Waals surface area contributed by atoms with Gasteiger partial charge >= 0.3 is 0 Å². The predicted octanol–water partition coefficient (Wildman–Crippen LogP) is 12.8. The van der Waals surface area contributed by atoms with Crippen molar-refractivity contribution in [3.05, 3.63) is 36.5 Å². The fraction of sp³-hybridized carbons (Fsp3) is 0.854. The van der Waals surface area contributed by atoms with Gasteiger partial charge in [-0.15, -0.1) is 0 Å². The van der Waals surface area contributed by atoms with Crippen molar-refractivity contribution in [3.63, 3.8) is 0 Å². The number of aliphatic hydroxyl groups excluding tert-OH is 1. The molecule has 0 aliphatic carbocycles. The number of quaternary nitrogens is 1. The quantitative estimate of drug-likeness (QED) is 0.0274. The number of hydrogen-bond donors (Lipinski definition) is 2. The second-order valence-electron chi connectivity index (χ2n) is 17.4. The maximum absolute atomic E-state index is 12.9. The summed E-state index contributed by atoms with van der Waals surface area (Å²) in [4.78, 5) is 25.4. The van der Waals surface area contributed by atoms with Crippen LogP contribution in [-0.4, -0.2) is 68.5 Å². The zero-order chi connectivity index (χ0) is 42.1. The van der Waals surface area contributed by atoms with Gasteiger partial charge in [-0.3, -0.25) is 9.36 Å². The molecule has 0 rings (SSSR count). The van der Waals surface area contributed by atoms with Gasteiger partial charge in [0.05, 0.1) is 39.9 Å². The van der Waals surface area contributed by atoms with Crippen LogP contribution in [0.15, 0.2) is 36.5 Å². The molecular weight excluding hydrogens is 732 g/mol. The zero-order valence-electron chi connectivity index (χ0n) is 38.0. The van der Waals surface area contributed by atoms with Gasteiger partial charge in [-0.2, -0.15) is 0 Å². The Kier molecular flexibility index (Phi) is 39.2. The molecule has 0 fully saturated rings. The molecule has 2 N–H and O–H groups in total. The van der Waals surface area contributed by atoms with E-state index in [4.69, 9.17) is 9.05 Å². The molecule has 0 saturated carbocycles. The molecule has 0 aliphatic rings. The number of allylic oxidation sites excluding steroid dienone is 6. The largest absolute Gasteiger partial charge is 0.756 e. The third-order valence-corrected chi connectivity index (χ3v) is 11.6. The topological polar surface area (TPSA) is 108 Å². The molecule has 0 spiro atoms. The van der Waals surface area contributed by atoms with Gasteiger partial charge in [0.2, 0.25) is 5.91 Å². The molecule has 0 aliphatic heterocycles. The van der Waals surface area contributed by atoms with E-state index in [1.54, 1.807) is 0 Å². The van der Waals surface area contributed by atoms with Crippen LogP contribution >= 0.6 is 7.82 Å². The van der Waals surface area contributed by atoms with Gasteiger partial charge in [0, 0.05) is 6.42 Å². The number of nitrogens with zero attached hydrogens (tertiary/aromatic N) is 1. The van der Waals surface area contributed by atoms with Crippen molar-refractivity contribution in [2.75, 3.05) is 40.9 Å². The highest BCUT2D eigenvalue weighted by Gasteiger charge is 2.24. The van der Waals surface area contributed by atoms with Crippen LogP contribution in [0.2, 0.25) is 0 Å². The zero-order valence-corrected chi connectivity index (χ0v) is 38.9. The number of phosphoric acid groups is 1. The first-order valence-electron chi connectivity index (χ1n) is 23.8. The number of phosphoric ester groups is 1. The number of amides is 1. The maximum atomic E-state index is 12.9. The van der Waals surface area contributed by atoms with E-state index in [2.05, 4.69) is 55.6 Å². The minimum Gasteiger partial charge on any atom is -0.756 e. The van der Waals surface area contributed by atoms with E-state index in [0.29, 0.717) is 23.9 Å². The Balaban J connectivity index is 4.31. The highest BCUT2D eigenvalue weighted by Crippen LogP contribution is 2.38. The smallest absolute Gasteiger partial charge is 0.268 e. The third-order valence-electron chi connectivity index (χ3n) is 10.6. The summed E-state index contributed by atoms with van der Waals surface area (Å²) >= 11 is 0. The Morgan fingerprint density at radius 3 is 1.56 bits per heavy atom. The highest BCUT2D eigenvalue weighted by molar-refractivity contribution is 7.45. The first-order chi connectivity index (χ1) is 27.5. The fourth-order valence-electron chi connectivity index (χ4n) is 6.88. The molecule has 0 aromatic carbocycles. The van der Waals surface area contributed by atoms with E-state index < -0.39 is 20.0 Å². The summed E-state index contributed by atoms with van der Waals surface area (Å²) in [6.07, 6.45) is 48.7. The lowest BCUT2D eigenvalue weighted by atomic mass is 10.0. The van der Waals surface area contributed by atoms with Crippen molar-refractivity contribution in [1.29, 1.82) is 0 Å². The van der Waals surface area contributed by atoms with Crippen molar-refractivity contribution in [2.24, 2.45) is 0 Å². The molecule has 0 aromatic rings. The number of nitrogens with one attached hydrogen (secondary N) is 1. The molecule has 57 heavy (non-hydrogen) atoms. The van der Waals surface area contributed by atoms with Gasteiger partial charge in [0.25, 0.3) is 7.82 Å². The van der Waals surface area contributed by atoms with E-state index in [0.717, 1.165) is 77.0 Å².